The van der Waals surface area contributed by atoms with Crippen molar-refractivity contribution in [2.24, 2.45) is 0 Å². The summed E-state index contributed by atoms with van der Waals surface area (Å²) in [5.41, 5.74) is 2.62. The zero-order valence-electron chi connectivity index (χ0n) is 14.8. The van der Waals surface area contributed by atoms with Crippen molar-refractivity contribution in [3.05, 3.63) is 71.8 Å². The van der Waals surface area contributed by atoms with Crippen LogP contribution in [0.2, 0.25) is 0 Å². The highest BCUT2D eigenvalue weighted by atomic mass is 16.4. The molecule has 2 aromatic rings. The molecule has 5 nitrogen and oxygen atoms in total. The van der Waals surface area contributed by atoms with E-state index in [0.717, 1.165) is 19.6 Å². The number of carbonyl (C=O) groups is 1. The lowest BCUT2D eigenvalue weighted by Gasteiger charge is -2.50. The Morgan fingerprint density at radius 3 is 2.15 bits per heavy atom. The molecule has 2 atom stereocenters. The van der Waals surface area contributed by atoms with Gasteiger partial charge >= 0.3 is 6.09 Å². The van der Waals surface area contributed by atoms with E-state index in [0.29, 0.717) is 19.1 Å². The first-order chi connectivity index (χ1) is 12.7. The molecule has 2 aliphatic heterocycles. The van der Waals surface area contributed by atoms with Gasteiger partial charge in [0.25, 0.3) is 0 Å². The molecule has 5 heteroatoms. The van der Waals surface area contributed by atoms with E-state index in [-0.39, 0.29) is 12.0 Å². The van der Waals surface area contributed by atoms with E-state index in [1.54, 1.807) is 4.90 Å². The summed E-state index contributed by atoms with van der Waals surface area (Å²) in [6.07, 6.45) is -0.811. The molecule has 0 aromatic heterocycles. The fraction of sp³-hybridized carbons (Fsp3) is 0.381. The third kappa shape index (κ3) is 3.32. The van der Waals surface area contributed by atoms with Crippen molar-refractivity contribution < 1.29 is 9.90 Å². The average molecular weight is 351 g/mol. The van der Waals surface area contributed by atoms with Gasteiger partial charge in [0.05, 0.1) is 0 Å². The molecule has 0 saturated carbocycles. The highest BCUT2D eigenvalue weighted by molar-refractivity contribution is 5.65. The molecule has 2 saturated heterocycles. The predicted octanol–water partition coefficient (Wildman–Crippen LogP) is 2.45. The third-order valence-corrected chi connectivity index (χ3v) is 5.66. The van der Waals surface area contributed by atoms with Gasteiger partial charge in [0, 0.05) is 50.7 Å². The van der Waals surface area contributed by atoms with Gasteiger partial charge in [-0.2, -0.15) is 0 Å². The number of hydrogen-bond donors (Lipinski definition) is 2. The summed E-state index contributed by atoms with van der Waals surface area (Å²) in [4.78, 5) is 15.4. The lowest BCUT2D eigenvalue weighted by molar-refractivity contribution is 0.0179. The van der Waals surface area contributed by atoms with Gasteiger partial charge in [0.15, 0.2) is 0 Å². The van der Waals surface area contributed by atoms with Crippen LogP contribution in [-0.2, 0) is 0 Å². The number of nitrogens with one attached hydrogen (secondary N) is 1. The van der Waals surface area contributed by atoms with Crippen LogP contribution >= 0.6 is 0 Å². The maximum Gasteiger partial charge on any atom is 0.407 e. The van der Waals surface area contributed by atoms with E-state index >= 15 is 0 Å². The molecule has 2 N–H and O–H groups in total. The predicted molar refractivity (Wildman–Crippen MR) is 101 cm³/mol. The molecule has 1 amide bonds. The van der Waals surface area contributed by atoms with Crippen LogP contribution in [0.4, 0.5) is 4.79 Å². The number of hydrogen-bond acceptors (Lipinski definition) is 3. The highest BCUT2D eigenvalue weighted by Crippen LogP contribution is 2.33. The van der Waals surface area contributed by atoms with Crippen LogP contribution in [0.5, 0.6) is 0 Å². The number of amides is 1. The first-order valence-corrected chi connectivity index (χ1v) is 9.28. The number of piperazine rings is 2. The van der Waals surface area contributed by atoms with Gasteiger partial charge in [-0.3, -0.25) is 4.90 Å². The fourth-order valence-corrected chi connectivity index (χ4v) is 4.44. The van der Waals surface area contributed by atoms with Crippen molar-refractivity contribution in [1.29, 1.82) is 0 Å². The number of fused-ring (bicyclic) bond motifs is 1. The molecule has 26 heavy (non-hydrogen) atoms. The number of carboxylic acid groups (broad SMARTS) is 1. The van der Waals surface area contributed by atoms with E-state index in [2.05, 4.69) is 70.9 Å². The van der Waals surface area contributed by atoms with Crippen LogP contribution in [-0.4, -0.2) is 65.8 Å². The Morgan fingerprint density at radius 1 is 0.962 bits per heavy atom. The largest absolute Gasteiger partial charge is 0.465 e. The Labute approximate surface area is 154 Å². The van der Waals surface area contributed by atoms with Crippen molar-refractivity contribution in [3.8, 4) is 0 Å². The molecule has 136 valence electrons. The van der Waals surface area contributed by atoms with Crippen molar-refractivity contribution in [2.45, 2.75) is 18.0 Å². The van der Waals surface area contributed by atoms with E-state index in [1.165, 1.54) is 11.1 Å². The Morgan fingerprint density at radius 2 is 1.58 bits per heavy atom. The normalized spacial score (nSPS) is 23.7. The second-order valence-corrected chi connectivity index (χ2v) is 7.14. The molecule has 1 unspecified atom stereocenters. The minimum atomic E-state index is -0.811. The molecule has 2 aromatic carbocycles. The zero-order valence-corrected chi connectivity index (χ0v) is 14.8. The molecule has 0 radical (unpaired) electrons. The van der Waals surface area contributed by atoms with Crippen molar-refractivity contribution in [1.82, 2.24) is 15.1 Å². The van der Waals surface area contributed by atoms with Gasteiger partial charge in [0.2, 0.25) is 0 Å². The summed E-state index contributed by atoms with van der Waals surface area (Å²) < 4.78 is 0. The van der Waals surface area contributed by atoms with Gasteiger partial charge in [0.1, 0.15) is 0 Å². The number of benzene rings is 2. The van der Waals surface area contributed by atoms with Gasteiger partial charge in [-0.25, -0.2) is 4.79 Å². The zero-order chi connectivity index (χ0) is 17.9. The van der Waals surface area contributed by atoms with E-state index in [1.807, 2.05) is 0 Å². The first-order valence-electron chi connectivity index (χ1n) is 9.28. The first kappa shape index (κ1) is 17.1. The molecule has 2 fully saturated rings. The third-order valence-electron chi connectivity index (χ3n) is 5.66. The molecule has 0 spiro atoms. The van der Waals surface area contributed by atoms with Crippen LogP contribution < -0.4 is 5.32 Å². The number of nitrogens with zero attached hydrogens (tertiary/aromatic N) is 2. The summed E-state index contributed by atoms with van der Waals surface area (Å²) in [5.74, 6) is 0.268. The molecule has 4 rings (SSSR count). The van der Waals surface area contributed by atoms with Crippen LogP contribution in [0.15, 0.2) is 60.7 Å². The maximum atomic E-state index is 11.4. The minimum absolute atomic E-state index is 0.230. The fourth-order valence-electron chi connectivity index (χ4n) is 4.44. The number of rotatable bonds is 3. The van der Waals surface area contributed by atoms with Gasteiger partial charge in [-0.05, 0) is 11.1 Å². The van der Waals surface area contributed by atoms with Crippen LogP contribution in [0.1, 0.15) is 17.0 Å². The second kappa shape index (κ2) is 7.48. The highest BCUT2D eigenvalue weighted by Gasteiger charge is 2.40. The Bertz CT molecular complexity index is 698. The van der Waals surface area contributed by atoms with Gasteiger partial charge in [-0.15, -0.1) is 0 Å². The van der Waals surface area contributed by atoms with Crippen molar-refractivity contribution in [2.75, 3.05) is 32.7 Å². The van der Waals surface area contributed by atoms with Crippen LogP contribution in [0, 0.1) is 0 Å². The van der Waals surface area contributed by atoms with Crippen molar-refractivity contribution in [3.63, 3.8) is 0 Å². The van der Waals surface area contributed by atoms with Crippen LogP contribution in [0.3, 0.4) is 0 Å². The second-order valence-electron chi connectivity index (χ2n) is 7.14. The molecular formula is C21H25N3O2. The Balaban J connectivity index is 1.66. The molecule has 0 aliphatic carbocycles. The van der Waals surface area contributed by atoms with Gasteiger partial charge < -0.3 is 15.3 Å². The lowest BCUT2D eigenvalue weighted by Crippen LogP contribution is -2.66. The molecule has 2 heterocycles. The van der Waals surface area contributed by atoms with E-state index in [4.69, 9.17) is 0 Å². The molecule has 2 aliphatic rings. The smallest absolute Gasteiger partial charge is 0.407 e. The summed E-state index contributed by atoms with van der Waals surface area (Å²) in [5, 5.41) is 12.9. The summed E-state index contributed by atoms with van der Waals surface area (Å²) in [7, 11) is 0. The van der Waals surface area contributed by atoms with E-state index in [9.17, 15) is 9.90 Å². The van der Waals surface area contributed by atoms with Gasteiger partial charge in [-0.1, -0.05) is 60.7 Å². The molecule has 0 bridgehead atoms. The van der Waals surface area contributed by atoms with E-state index < -0.39 is 6.09 Å². The maximum absolute atomic E-state index is 11.4. The Kier molecular flexibility index (Phi) is 4.91. The topological polar surface area (TPSA) is 55.8 Å². The summed E-state index contributed by atoms with van der Waals surface area (Å²) >= 11 is 0. The monoisotopic (exact) mass is 351 g/mol. The van der Waals surface area contributed by atoms with Crippen LogP contribution in [0.25, 0.3) is 0 Å². The summed E-state index contributed by atoms with van der Waals surface area (Å²) in [6, 6.07) is 21.9. The Hall–Kier alpha value is -2.37. The SMILES string of the molecule is O=C(O)N1CCN2C(C(c3ccccc3)c3ccccc3)CNC[C@@H]2C1. The summed E-state index contributed by atoms with van der Waals surface area (Å²) in [6.45, 7) is 3.71. The standard InChI is InChI=1S/C21H25N3O2/c25-21(26)23-11-12-24-18(15-23)13-22-14-19(24)20(16-7-3-1-4-8-16)17-9-5-2-6-10-17/h1-10,18-20,22H,11-15H2,(H,25,26)/t18-,19?/m1/s1. The van der Waals surface area contributed by atoms with Crippen molar-refractivity contribution >= 4 is 6.09 Å². The average Bonchev–Trinajstić information content (AvgIpc) is 2.69. The quantitative estimate of drug-likeness (QED) is 0.892. The molecular weight excluding hydrogens is 326 g/mol. The lowest BCUT2D eigenvalue weighted by atomic mass is 9.82. The minimum Gasteiger partial charge on any atom is -0.465 e.